The molecule has 0 radical (unpaired) electrons. The molecule has 0 aliphatic rings. The van der Waals surface area contributed by atoms with Crippen LogP contribution in [0, 0.1) is 0 Å². The standard InChI is InChI=1S/C57H36N3OP/c61-62(43-14-3-1-4-15-43,44-16-5-2-6-17-44)45-29-25-39-33-38(23-24-40(39)34-45)41-27-31-54-50(35-41)56-46-18-8-7-13-37(46)26-30-49(56)57-58-51-36-42(28-32-55(51)60(54)57)59-52-21-11-9-19-47(52)48-20-10-12-22-53(48)59/h1-36H. The molecule has 0 N–H and O–H groups in total. The minimum atomic E-state index is -3.10. The lowest BCUT2D eigenvalue weighted by Gasteiger charge is -2.20. The van der Waals surface area contributed by atoms with Crippen LogP contribution in [0.1, 0.15) is 0 Å². The van der Waals surface area contributed by atoms with Crippen LogP contribution in [0.4, 0.5) is 0 Å². The van der Waals surface area contributed by atoms with Crippen molar-refractivity contribution in [1.82, 2.24) is 14.0 Å². The van der Waals surface area contributed by atoms with Crippen LogP contribution in [0.15, 0.2) is 218 Å². The molecule has 62 heavy (non-hydrogen) atoms. The largest absolute Gasteiger partial charge is 0.309 e. The topological polar surface area (TPSA) is 39.3 Å². The summed E-state index contributed by atoms with van der Waals surface area (Å²) in [6.07, 6.45) is 0. The summed E-state index contributed by atoms with van der Waals surface area (Å²) in [6, 6.07) is 76.7. The van der Waals surface area contributed by atoms with Gasteiger partial charge < -0.3 is 9.13 Å². The summed E-state index contributed by atoms with van der Waals surface area (Å²) >= 11 is 0. The minimum Gasteiger partial charge on any atom is -0.309 e. The summed E-state index contributed by atoms with van der Waals surface area (Å²) in [6.45, 7) is 0. The molecular weight excluding hydrogens is 774 g/mol. The molecule has 0 aliphatic carbocycles. The summed E-state index contributed by atoms with van der Waals surface area (Å²) < 4.78 is 19.9. The summed E-state index contributed by atoms with van der Waals surface area (Å²) in [5.41, 5.74) is 9.80. The summed E-state index contributed by atoms with van der Waals surface area (Å²) in [7, 11) is -3.10. The van der Waals surface area contributed by atoms with Gasteiger partial charge in [-0.05, 0) is 93.3 Å². The summed E-state index contributed by atoms with van der Waals surface area (Å²) in [5.74, 6) is 0. The van der Waals surface area contributed by atoms with Gasteiger partial charge in [-0.2, -0.15) is 0 Å². The molecule has 290 valence electrons. The number of benzene rings is 10. The second kappa shape index (κ2) is 13.4. The van der Waals surface area contributed by atoms with Crippen LogP contribution in [-0.2, 0) is 4.57 Å². The van der Waals surface area contributed by atoms with E-state index in [1.807, 2.05) is 60.7 Å². The van der Waals surface area contributed by atoms with Gasteiger partial charge in [0, 0.05) is 48.5 Å². The zero-order chi connectivity index (χ0) is 40.9. The number of rotatable bonds is 5. The number of nitrogens with zero attached hydrogens (tertiary/aromatic N) is 3. The minimum absolute atomic E-state index is 0.831. The first-order valence-corrected chi connectivity index (χ1v) is 22.8. The van der Waals surface area contributed by atoms with Gasteiger partial charge >= 0.3 is 0 Å². The van der Waals surface area contributed by atoms with E-state index in [-0.39, 0.29) is 0 Å². The Hall–Kier alpha value is -7.78. The highest BCUT2D eigenvalue weighted by atomic mass is 31.2. The third-order valence-electron chi connectivity index (χ3n) is 12.9. The van der Waals surface area contributed by atoms with Gasteiger partial charge in [0.05, 0.1) is 27.6 Å². The fraction of sp³-hybridized carbons (Fsp3) is 0. The monoisotopic (exact) mass is 809 g/mol. The molecule has 0 amide bonds. The van der Waals surface area contributed by atoms with E-state index in [1.54, 1.807) is 0 Å². The van der Waals surface area contributed by atoms with Crippen molar-refractivity contribution in [2.45, 2.75) is 0 Å². The maximum atomic E-state index is 15.2. The Bertz CT molecular complexity index is 3920. The van der Waals surface area contributed by atoms with Gasteiger partial charge in [0.15, 0.2) is 7.14 Å². The highest BCUT2D eigenvalue weighted by Gasteiger charge is 2.30. The van der Waals surface area contributed by atoms with Crippen molar-refractivity contribution in [3.63, 3.8) is 0 Å². The molecule has 5 heteroatoms. The van der Waals surface area contributed by atoms with Crippen LogP contribution in [-0.4, -0.2) is 14.0 Å². The second-order valence-electron chi connectivity index (χ2n) is 16.3. The molecule has 3 heterocycles. The Morgan fingerprint density at radius 3 is 1.69 bits per heavy atom. The molecule has 0 spiro atoms. The molecule has 0 atom stereocenters. The number of imidazole rings is 1. The molecule has 13 aromatic rings. The molecule has 4 nitrogen and oxygen atoms in total. The van der Waals surface area contributed by atoms with E-state index < -0.39 is 7.14 Å². The average Bonchev–Trinajstić information content (AvgIpc) is 3.90. The van der Waals surface area contributed by atoms with Crippen LogP contribution >= 0.6 is 7.14 Å². The third-order valence-corrected chi connectivity index (χ3v) is 16.0. The lowest BCUT2D eigenvalue weighted by Crippen LogP contribution is -2.24. The maximum absolute atomic E-state index is 15.2. The van der Waals surface area contributed by atoms with Gasteiger partial charge in [0.1, 0.15) is 5.65 Å². The Kier molecular flexibility index (Phi) is 7.55. The second-order valence-corrected chi connectivity index (χ2v) is 19.0. The van der Waals surface area contributed by atoms with Gasteiger partial charge in [0.25, 0.3) is 0 Å². The number of hydrogen-bond acceptors (Lipinski definition) is 2. The molecule has 0 unspecified atom stereocenters. The predicted octanol–water partition coefficient (Wildman–Crippen LogP) is 13.5. The van der Waals surface area contributed by atoms with Crippen molar-refractivity contribution in [2.24, 2.45) is 0 Å². The van der Waals surface area contributed by atoms with E-state index in [1.165, 1.54) is 43.4 Å². The van der Waals surface area contributed by atoms with Gasteiger partial charge in [-0.25, -0.2) is 4.98 Å². The number of fused-ring (bicyclic) bond motifs is 14. The van der Waals surface area contributed by atoms with Crippen molar-refractivity contribution in [2.75, 3.05) is 0 Å². The lowest BCUT2D eigenvalue weighted by molar-refractivity contribution is 0.592. The first-order chi connectivity index (χ1) is 30.6. The van der Waals surface area contributed by atoms with Crippen LogP contribution in [0.2, 0.25) is 0 Å². The van der Waals surface area contributed by atoms with Gasteiger partial charge in [0.2, 0.25) is 0 Å². The van der Waals surface area contributed by atoms with Crippen LogP contribution in [0.3, 0.4) is 0 Å². The average molecular weight is 810 g/mol. The highest BCUT2D eigenvalue weighted by Crippen LogP contribution is 2.44. The molecule has 0 aliphatic heterocycles. The normalized spacial score (nSPS) is 12.3. The van der Waals surface area contributed by atoms with Crippen molar-refractivity contribution >= 4 is 105 Å². The van der Waals surface area contributed by atoms with E-state index in [0.717, 1.165) is 71.1 Å². The molecule has 0 fully saturated rings. The molecule has 3 aromatic heterocycles. The summed E-state index contributed by atoms with van der Waals surface area (Å²) in [5, 5.41) is 13.0. The first-order valence-electron chi connectivity index (χ1n) is 21.1. The zero-order valence-electron chi connectivity index (χ0n) is 33.5. The molecule has 0 bridgehead atoms. The molecule has 10 aromatic carbocycles. The third kappa shape index (κ3) is 5.08. The predicted molar refractivity (Wildman–Crippen MR) is 262 cm³/mol. The van der Waals surface area contributed by atoms with Gasteiger partial charge in [-0.15, -0.1) is 0 Å². The first kappa shape index (κ1) is 35.0. The quantitative estimate of drug-likeness (QED) is 0.128. The number of hydrogen-bond donors (Lipinski definition) is 0. The molecule has 0 saturated heterocycles. The van der Waals surface area contributed by atoms with Crippen molar-refractivity contribution in [3.05, 3.63) is 218 Å². The molecule has 13 rings (SSSR count). The van der Waals surface area contributed by atoms with Crippen LogP contribution in [0.5, 0.6) is 0 Å². The SMILES string of the molecule is O=P(c1ccccc1)(c1ccccc1)c1ccc2cc(-c3ccc4c(c3)c3c5ccccc5ccc3c3nc5cc(-n6c7ccccc7c7ccccc76)ccc5n43)ccc2c1. The fourth-order valence-corrected chi connectivity index (χ4v) is 12.7. The summed E-state index contributed by atoms with van der Waals surface area (Å²) in [4.78, 5) is 5.44. The molecule has 0 saturated carbocycles. The van der Waals surface area contributed by atoms with E-state index in [0.29, 0.717) is 0 Å². The van der Waals surface area contributed by atoms with E-state index in [9.17, 15) is 0 Å². The van der Waals surface area contributed by atoms with Crippen molar-refractivity contribution in [1.29, 1.82) is 0 Å². The van der Waals surface area contributed by atoms with Gasteiger partial charge in [-0.3, -0.25) is 4.40 Å². The fourth-order valence-electron chi connectivity index (χ4n) is 10.0. The van der Waals surface area contributed by atoms with E-state index in [2.05, 4.69) is 167 Å². The van der Waals surface area contributed by atoms with Gasteiger partial charge in [-0.1, -0.05) is 158 Å². The van der Waals surface area contributed by atoms with Crippen molar-refractivity contribution in [3.8, 4) is 16.8 Å². The Morgan fingerprint density at radius 1 is 0.371 bits per heavy atom. The zero-order valence-corrected chi connectivity index (χ0v) is 34.4. The van der Waals surface area contributed by atoms with E-state index >= 15 is 4.57 Å². The lowest BCUT2D eigenvalue weighted by atomic mass is 9.95. The Morgan fingerprint density at radius 2 is 0.952 bits per heavy atom. The Balaban J connectivity index is 0.995. The van der Waals surface area contributed by atoms with Crippen LogP contribution < -0.4 is 15.9 Å². The smallest absolute Gasteiger partial charge is 0.171 e. The number of aromatic nitrogens is 3. The maximum Gasteiger partial charge on any atom is 0.171 e. The number of para-hydroxylation sites is 2. The van der Waals surface area contributed by atoms with Crippen LogP contribution in [0.25, 0.3) is 98.5 Å². The Labute approximate surface area is 356 Å². The number of pyridine rings is 1. The highest BCUT2D eigenvalue weighted by molar-refractivity contribution is 7.85. The van der Waals surface area contributed by atoms with Crippen molar-refractivity contribution < 1.29 is 4.57 Å². The molecular formula is C57H36N3OP. The van der Waals surface area contributed by atoms with E-state index in [4.69, 9.17) is 4.98 Å².